The fourth-order valence-corrected chi connectivity index (χ4v) is 1.75. The van der Waals surface area contributed by atoms with Crippen LogP contribution in [0.2, 0.25) is 0 Å². The molecule has 1 saturated carbocycles. The predicted molar refractivity (Wildman–Crippen MR) is 64.9 cm³/mol. The summed E-state index contributed by atoms with van der Waals surface area (Å²) in [5, 5.41) is 0. The van der Waals surface area contributed by atoms with Gasteiger partial charge in [-0.15, -0.1) is 0 Å². The second-order valence-electron chi connectivity index (χ2n) is 4.37. The molecule has 0 bridgehead atoms. The van der Waals surface area contributed by atoms with Crippen LogP contribution in [0.1, 0.15) is 30.3 Å². The van der Waals surface area contributed by atoms with Gasteiger partial charge in [0.05, 0.1) is 26.5 Å². The lowest BCUT2D eigenvalue weighted by atomic mass is 10.2. The molecule has 0 N–H and O–H groups in total. The molecule has 2 rings (SSSR count). The molecule has 98 valence electrons. The first-order valence-corrected chi connectivity index (χ1v) is 5.94. The average molecular weight is 251 g/mol. The zero-order valence-electron chi connectivity index (χ0n) is 10.8. The molecule has 1 atom stereocenters. The summed E-state index contributed by atoms with van der Waals surface area (Å²) in [5.41, 5.74) is 0.209. The maximum atomic E-state index is 11.4. The van der Waals surface area contributed by atoms with Crippen molar-refractivity contribution >= 4 is 5.97 Å². The van der Waals surface area contributed by atoms with E-state index >= 15 is 0 Å². The molecule has 0 spiro atoms. The number of ether oxygens (including phenoxy) is 3. The van der Waals surface area contributed by atoms with Crippen molar-refractivity contribution < 1.29 is 19.0 Å². The number of pyridine rings is 1. The van der Waals surface area contributed by atoms with Crippen LogP contribution >= 0.6 is 0 Å². The van der Waals surface area contributed by atoms with E-state index < -0.39 is 5.97 Å². The van der Waals surface area contributed by atoms with Crippen LogP contribution in [0.25, 0.3) is 0 Å². The van der Waals surface area contributed by atoms with Crippen molar-refractivity contribution in [3.8, 4) is 11.5 Å². The van der Waals surface area contributed by atoms with E-state index in [0.717, 1.165) is 0 Å². The SMILES string of the molecule is COC(=O)c1cc(OC)c(OC(C)C2CC2)cn1. The standard InChI is InChI=1S/C13H17NO4/c1-8(9-4-5-9)18-12-7-14-10(13(15)17-3)6-11(12)16-2/h6-9H,4-5H2,1-3H3. The number of hydrogen-bond donors (Lipinski definition) is 0. The largest absolute Gasteiger partial charge is 0.493 e. The molecule has 1 aromatic rings. The molecule has 1 aliphatic carbocycles. The first-order valence-electron chi connectivity index (χ1n) is 5.94. The molecule has 5 heteroatoms. The second-order valence-corrected chi connectivity index (χ2v) is 4.37. The number of methoxy groups -OCH3 is 2. The Morgan fingerprint density at radius 2 is 2.11 bits per heavy atom. The molecule has 5 nitrogen and oxygen atoms in total. The molecule has 1 fully saturated rings. The van der Waals surface area contributed by atoms with Gasteiger partial charge < -0.3 is 14.2 Å². The van der Waals surface area contributed by atoms with Crippen molar-refractivity contribution in [1.29, 1.82) is 0 Å². The van der Waals surface area contributed by atoms with Crippen molar-refractivity contribution in [2.24, 2.45) is 5.92 Å². The Bertz CT molecular complexity index is 443. The molecule has 0 radical (unpaired) electrons. The third kappa shape index (κ3) is 2.72. The van der Waals surface area contributed by atoms with Gasteiger partial charge in [0, 0.05) is 6.07 Å². The lowest BCUT2D eigenvalue weighted by Crippen LogP contribution is -2.15. The van der Waals surface area contributed by atoms with E-state index in [2.05, 4.69) is 9.72 Å². The Kier molecular flexibility index (Phi) is 3.69. The van der Waals surface area contributed by atoms with Crippen LogP contribution in [0.3, 0.4) is 0 Å². The Hall–Kier alpha value is -1.78. The highest BCUT2D eigenvalue weighted by Gasteiger charge is 2.30. The van der Waals surface area contributed by atoms with Gasteiger partial charge in [-0.25, -0.2) is 9.78 Å². The summed E-state index contributed by atoms with van der Waals surface area (Å²) in [6, 6.07) is 1.53. The van der Waals surface area contributed by atoms with Crippen LogP contribution in [-0.4, -0.2) is 31.3 Å². The number of rotatable bonds is 5. The Labute approximate surface area is 106 Å². The van der Waals surface area contributed by atoms with Gasteiger partial charge in [-0.3, -0.25) is 0 Å². The minimum Gasteiger partial charge on any atom is -0.493 e. The third-order valence-electron chi connectivity index (χ3n) is 3.04. The van der Waals surface area contributed by atoms with Crippen LogP contribution in [0.4, 0.5) is 0 Å². The van der Waals surface area contributed by atoms with E-state index in [1.54, 1.807) is 0 Å². The van der Waals surface area contributed by atoms with Gasteiger partial charge in [0.15, 0.2) is 17.2 Å². The number of esters is 1. The number of carbonyl (C=O) groups excluding carboxylic acids is 1. The normalized spacial score (nSPS) is 15.9. The number of aromatic nitrogens is 1. The molecule has 1 aliphatic rings. The fraction of sp³-hybridized carbons (Fsp3) is 0.538. The summed E-state index contributed by atoms with van der Waals surface area (Å²) in [5.74, 6) is 1.19. The lowest BCUT2D eigenvalue weighted by Gasteiger charge is -2.16. The quantitative estimate of drug-likeness (QED) is 0.750. The Morgan fingerprint density at radius 1 is 1.39 bits per heavy atom. The van der Waals surface area contributed by atoms with Crippen LogP contribution in [0, 0.1) is 5.92 Å². The first-order chi connectivity index (χ1) is 8.65. The molecular formula is C13H17NO4. The molecule has 0 amide bonds. The molecule has 0 aromatic carbocycles. The van der Waals surface area contributed by atoms with Crippen LogP contribution < -0.4 is 9.47 Å². The van der Waals surface area contributed by atoms with Crippen LogP contribution in [-0.2, 0) is 4.74 Å². The summed E-state index contributed by atoms with van der Waals surface area (Å²) in [6.45, 7) is 2.03. The topological polar surface area (TPSA) is 57.7 Å². The number of hydrogen-bond acceptors (Lipinski definition) is 5. The minimum absolute atomic E-state index is 0.143. The molecular weight excluding hydrogens is 234 g/mol. The van der Waals surface area contributed by atoms with E-state index in [9.17, 15) is 4.79 Å². The van der Waals surface area contributed by atoms with Crippen molar-refractivity contribution in [1.82, 2.24) is 4.98 Å². The number of nitrogens with zero attached hydrogens (tertiary/aromatic N) is 1. The molecule has 1 aromatic heterocycles. The molecule has 18 heavy (non-hydrogen) atoms. The molecule has 0 aliphatic heterocycles. The highest BCUT2D eigenvalue weighted by Crippen LogP contribution is 2.36. The van der Waals surface area contributed by atoms with E-state index in [4.69, 9.17) is 9.47 Å². The van der Waals surface area contributed by atoms with Crippen molar-refractivity contribution in [3.05, 3.63) is 18.0 Å². The zero-order chi connectivity index (χ0) is 13.1. The molecule has 0 saturated heterocycles. The zero-order valence-corrected chi connectivity index (χ0v) is 10.8. The van der Waals surface area contributed by atoms with E-state index in [0.29, 0.717) is 17.4 Å². The monoisotopic (exact) mass is 251 g/mol. The smallest absolute Gasteiger partial charge is 0.356 e. The van der Waals surface area contributed by atoms with Crippen molar-refractivity contribution in [2.75, 3.05) is 14.2 Å². The van der Waals surface area contributed by atoms with Gasteiger partial charge in [-0.05, 0) is 25.7 Å². The molecule has 1 heterocycles. The highest BCUT2D eigenvalue weighted by molar-refractivity contribution is 5.87. The number of carbonyl (C=O) groups is 1. The van der Waals surface area contributed by atoms with Gasteiger partial charge in [-0.2, -0.15) is 0 Å². The summed E-state index contributed by atoms with van der Waals surface area (Å²) < 4.78 is 15.6. The average Bonchev–Trinajstić information content (AvgIpc) is 3.22. The first kappa shape index (κ1) is 12.7. The van der Waals surface area contributed by atoms with Gasteiger partial charge in [0.1, 0.15) is 0 Å². The van der Waals surface area contributed by atoms with Gasteiger partial charge >= 0.3 is 5.97 Å². The Balaban J connectivity index is 2.16. The van der Waals surface area contributed by atoms with E-state index in [1.807, 2.05) is 6.92 Å². The van der Waals surface area contributed by atoms with E-state index in [1.165, 1.54) is 39.3 Å². The second kappa shape index (κ2) is 5.25. The van der Waals surface area contributed by atoms with Crippen LogP contribution in [0.5, 0.6) is 11.5 Å². The van der Waals surface area contributed by atoms with Crippen LogP contribution in [0.15, 0.2) is 12.3 Å². The summed E-state index contributed by atoms with van der Waals surface area (Å²) >= 11 is 0. The summed E-state index contributed by atoms with van der Waals surface area (Å²) in [4.78, 5) is 15.4. The van der Waals surface area contributed by atoms with Gasteiger partial charge in [0.25, 0.3) is 0 Å². The molecule has 1 unspecified atom stereocenters. The Morgan fingerprint density at radius 3 is 2.67 bits per heavy atom. The van der Waals surface area contributed by atoms with Gasteiger partial charge in [0.2, 0.25) is 0 Å². The fourth-order valence-electron chi connectivity index (χ4n) is 1.75. The lowest BCUT2D eigenvalue weighted by molar-refractivity contribution is 0.0593. The maximum Gasteiger partial charge on any atom is 0.356 e. The highest BCUT2D eigenvalue weighted by atomic mass is 16.5. The van der Waals surface area contributed by atoms with Gasteiger partial charge in [-0.1, -0.05) is 0 Å². The maximum absolute atomic E-state index is 11.4. The van der Waals surface area contributed by atoms with E-state index in [-0.39, 0.29) is 11.8 Å². The third-order valence-corrected chi connectivity index (χ3v) is 3.04. The van der Waals surface area contributed by atoms with Crippen molar-refractivity contribution in [2.45, 2.75) is 25.9 Å². The summed E-state index contributed by atoms with van der Waals surface area (Å²) in [6.07, 6.45) is 4.06. The van der Waals surface area contributed by atoms with Crippen molar-refractivity contribution in [3.63, 3.8) is 0 Å². The predicted octanol–water partition coefficient (Wildman–Crippen LogP) is 2.05. The minimum atomic E-state index is -0.491. The summed E-state index contributed by atoms with van der Waals surface area (Å²) in [7, 11) is 2.85.